The van der Waals surface area contributed by atoms with Gasteiger partial charge in [0.15, 0.2) is 0 Å². The number of aromatic hydroxyl groups is 1. The molecule has 3 N–H and O–H groups in total. The highest BCUT2D eigenvalue weighted by Crippen LogP contribution is 2.17. The normalized spacial score (nSPS) is 10.4. The van der Waals surface area contributed by atoms with Crippen LogP contribution in [0.5, 0.6) is 5.75 Å². The van der Waals surface area contributed by atoms with Crippen LogP contribution >= 0.6 is 0 Å². The molecule has 1 rings (SSSR count). The number of hydrogen-bond donors (Lipinski definition) is 3. The Balaban J connectivity index is 2.62. The average molecular weight is 222 g/mol. The van der Waals surface area contributed by atoms with Crippen molar-refractivity contribution in [2.24, 2.45) is 0 Å². The van der Waals surface area contributed by atoms with Crippen LogP contribution in [0.15, 0.2) is 18.2 Å². The second kappa shape index (κ2) is 6.56. The van der Waals surface area contributed by atoms with Gasteiger partial charge in [-0.05, 0) is 18.4 Å². The number of phenols is 1. The van der Waals surface area contributed by atoms with Crippen LogP contribution in [0.1, 0.15) is 38.2 Å². The average Bonchev–Trinajstić information content (AvgIpc) is 2.26. The Bertz CT molecular complexity index is 326. The van der Waals surface area contributed by atoms with Crippen LogP contribution in [0.4, 0.5) is 0 Å². The maximum absolute atomic E-state index is 9.80. The van der Waals surface area contributed by atoms with E-state index in [-0.39, 0.29) is 11.2 Å². The number of rotatable bonds is 6. The third-order valence-electron chi connectivity index (χ3n) is 2.73. The Morgan fingerprint density at radius 2 is 1.88 bits per heavy atom. The highest BCUT2D eigenvalue weighted by molar-refractivity contribution is 6.59. The summed E-state index contributed by atoms with van der Waals surface area (Å²) in [5, 5.41) is 27.9. The first-order valence-corrected chi connectivity index (χ1v) is 5.83. The molecule has 0 spiro atoms. The highest BCUT2D eigenvalue weighted by atomic mass is 16.4. The fourth-order valence-corrected chi connectivity index (χ4v) is 1.76. The standard InChI is InChI=1S/C12H19BO3/c1-2-3-4-5-7-10-8-6-9-11(12(10)14)13(15)16/h6,8-9,14-16H,2-5,7H2,1H3. The van der Waals surface area contributed by atoms with Crippen LogP contribution in [0.2, 0.25) is 0 Å². The monoisotopic (exact) mass is 222 g/mol. The van der Waals surface area contributed by atoms with E-state index in [2.05, 4.69) is 6.92 Å². The highest BCUT2D eigenvalue weighted by Gasteiger charge is 2.17. The lowest BCUT2D eigenvalue weighted by Crippen LogP contribution is -2.30. The van der Waals surface area contributed by atoms with Gasteiger partial charge in [-0.2, -0.15) is 0 Å². The molecule has 0 atom stereocenters. The minimum atomic E-state index is -1.60. The molecule has 1 aromatic carbocycles. The van der Waals surface area contributed by atoms with Gasteiger partial charge in [0, 0.05) is 5.46 Å². The van der Waals surface area contributed by atoms with E-state index >= 15 is 0 Å². The van der Waals surface area contributed by atoms with Crippen LogP contribution in [0.25, 0.3) is 0 Å². The van der Waals surface area contributed by atoms with E-state index in [1.54, 1.807) is 6.07 Å². The second-order valence-electron chi connectivity index (χ2n) is 4.04. The van der Waals surface area contributed by atoms with E-state index in [1.807, 2.05) is 6.07 Å². The summed E-state index contributed by atoms with van der Waals surface area (Å²) in [7, 11) is -1.60. The number of para-hydroxylation sites is 1. The first kappa shape index (κ1) is 13.1. The van der Waals surface area contributed by atoms with E-state index in [4.69, 9.17) is 10.0 Å². The summed E-state index contributed by atoms with van der Waals surface area (Å²) in [5.41, 5.74) is 0.981. The molecule has 0 amide bonds. The van der Waals surface area contributed by atoms with Crippen LogP contribution in [0.3, 0.4) is 0 Å². The number of benzene rings is 1. The molecule has 3 nitrogen and oxygen atoms in total. The van der Waals surface area contributed by atoms with Gasteiger partial charge in [-0.3, -0.25) is 0 Å². The molecule has 0 unspecified atom stereocenters. The molecule has 1 aromatic rings. The largest absolute Gasteiger partial charge is 0.508 e. The molecule has 0 saturated heterocycles. The molecular formula is C12H19BO3. The number of aryl methyl sites for hydroxylation is 1. The summed E-state index contributed by atoms with van der Waals surface area (Å²) in [4.78, 5) is 0. The zero-order valence-electron chi connectivity index (χ0n) is 9.69. The maximum atomic E-state index is 9.80. The third-order valence-corrected chi connectivity index (χ3v) is 2.73. The Hall–Kier alpha value is -0.995. The summed E-state index contributed by atoms with van der Waals surface area (Å²) in [6.45, 7) is 2.15. The molecule has 0 bridgehead atoms. The lowest BCUT2D eigenvalue weighted by atomic mass is 9.78. The van der Waals surface area contributed by atoms with Crippen molar-refractivity contribution in [3.05, 3.63) is 23.8 Å². The summed E-state index contributed by atoms with van der Waals surface area (Å²) in [5.74, 6) is 0.0222. The zero-order valence-corrected chi connectivity index (χ0v) is 9.69. The molecule has 0 aliphatic rings. The minimum Gasteiger partial charge on any atom is -0.508 e. The second-order valence-corrected chi connectivity index (χ2v) is 4.04. The van der Waals surface area contributed by atoms with Gasteiger partial charge < -0.3 is 15.2 Å². The molecule has 0 heterocycles. The number of unbranched alkanes of at least 4 members (excludes halogenated alkanes) is 3. The van der Waals surface area contributed by atoms with Crippen LogP contribution in [0, 0.1) is 0 Å². The van der Waals surface area contributed by atoms with E-state index in [1.165, 1.54) is 18.9 Å². The summed E-state index contributed by atoms with van der Waals surface area (Å²) in [6, 6.07) is 5.09. The van der Waals surface area contributed by atoms with Crippen molar-refractivity contribution in [2.75, 3.05) is 0 Å². The Labute approximate surface area is 96.9 Å². The fraction of sp³-hybridized carbons (Fsp3) is 0.500. The molecule has 0 radical (unpaired) electrons. The van der Waals surface area contributed by atoms with Gasteiger partial charge in [0.2, 0.25) is 0 Å². The van der Waals surface area contributed by atoms with Crippen LogP contribution in [-0.2, 0) is 6.42 Å². The van der Waals surface area contributed by atoms with E-state index in [9.17, 15) is 5.11 Å². The van der Waals surface area contributed by atoms with E-state index < -0.39 is 7.12 Å². The van der Waals surface area contributed by atoms with Crippen molar-refractivity contribution in [1.82, 2.24) is 0 Å². The van der Waals surface area contributed by atoms with E-state index in [0.717, 1.165) is 24.8 Å². The Morgan fingerprint density at radius 1 is 1.12 bits per heavy atom. The van der Waals surface area contributed by atoms with Crippen molar-refractivity contribution in [3.63, 3.8) is 0 Å². The zero-order chi connectivity index (χ0) is 12.0. The lowest BCUT2D eigenvalue weighted by molar-refractivity contribution is 0.418. The van der Waals surface area contributed by atoms with Gasteiger partial charge in [-0.1, -0.05) is 44.4 Å². The molecule has 0 saturated carbocycles. The molecular weight excluding hydrogens is 203 g/mol. The predicted molar refractivity (Wildman–Crippen MR) is 65.8 cm³/mol. The van der Waals surface area contributed by atoms with Gasteiger partial charge in [-0.15, -0.1) is 0 Å². The Kier molecular flexibility index (Phi) is 5.36. The van der Waals surface area contributed by atoms with Crippen LogP contribution < -0.4 is 5.46 Å². The summed E-state index contributed by atoms with van der Waals surface area (Å²) < 4.78 is 0. The molecule has 0 aliphatic carbocycles. The topological polar surface area (TPSA) is 60.7 Å². The summed E-state index contributed by atoms with van der Waals surface area (Å²) >= 11 is 0. The number of hydrogen-bond acceptors (Lipinski definition) is 3. The molecule has 0 fully saturated rings. The van der Waals surface area contributed by atoms with E-state index in [0.29, 0.717) is 0 Å². The quantitative estimate of drug-likeness (QED) is 0.500. The minimum absolute atomic E-state index is 0.0222. The van der Waals surface area contributed by atoms with Gasteiger partial charge in [0.1, 0.15) is 5.75 Å². The predicted octanol–water partition coefficient (Wildman–Crippen LogP) is 1.19. The van der Waals surface area contributed by atoms with Gasteiger partial charge in [0.05, 0.1) is 0 Å². The van der Waals surface area contributed by atoms with Crippen molar-refractivity contribution < 1.29 is 15.2 Å². The first-order valence-electron chi connectivity index (χ1n) is 5.83. The van der Waals surface area contributed by atoms with Gasteiger partial charge in [-0.25, -0.2) is 0 Å². The summed E-state index contributed by atoms with van der Waals surface area (Å²) in [6.07, 6.45) is 5.32. The van der Waals surface area contributed by atoms with Crippen molar-refractivity contribution >= 4 is 12.6 Å². The van der Waals surface area contributed by atoms with Gasteiger partial charge in [0.25, 0.3) is 0 Å². The van der Waals surface area contributed by atoms with Gasteiger partial charge >= 0.3 is 7.12 Å². The third kappa shape index (κ3) is 3.54. The molecule has 0 aliphatic heterocycles. The smallest absolute Gasteiger partial charge is 0.492 e. The fourth-order valence-electron chi connectivity index (χ4n) is 1.76. The SMILES string of the molecule is CCCCCCc1cccc(B(O)O)c1O. The maximum Gasteiger partial charge on any atom is 0.492 e. The molecule has 16 heavy (non-hydrogen) atoms. The van der Waals surface area contributed by atoms with Crippen molar-refractivity contribution in [2.45, 2.75) is 39.0 Å². The van der Waals surface area contributed by atoms with Crippen LogP contribution in [-0.4, -0.2) is 22.3 Å². The first-order chi connectivity index (χ1) is 7.66. The molecule has 0 aromatic heterocycles. The van der Waals surface area contributed by atoms with Crippen molar-refractivity contribution in [1.29, 1.82) is 0 Å². The lowest BCUT2D eigenvalue weighted by Gasteiger charge is -2.08. The molecule has 88 valence electrons. The Morgan fingerprint density at radius 3 is 2.50 bits per heavy atom. The van der Waals surface area contributed by atoms with Crippen molar-refractivity contribution in [3.8, 4) is 5.75 Å². The number of phenolic OH excluding ortho intramolecular Hbond substituents is 1. The molecule has 4 heteroatoms.